The largest absolute Gasteiger partial charge is 0.374 e. The van der Waals surface area contributed by atoms with Crippen molar-refractivity contribution in [2.75, 3.05) is 31.6 Å². The highest BCUT2D eigenvalue weighted by molar-refractivity contribution is 5.52. The standard InChI is InChI=1S/C14H24N2/c1-4-15-11-7-8-12-16(3)14-10-6-5-9-13(14)2/h5-6,9-10,15H,4,7-8,11-12H2,1-3H3. The van der Waals surface area contributed by atoms with Crippen LogP contribution in [0.3, 0.4) is 0 Å². The number of aryl methyl sites for hydroxylation is 1. The molecule has 90 valence electrons. The zero-order chi connectivity index (χ0) is 11.8. The van der Waals surface area contributed by atoms with Crippen LogP contribution in [0.25, 0.3) is 0 Å². The first-order valence-corrected chi connectivity index (χ1v) is 6.23. The van der Waals surface area contributed by atoms with Crippen molar-refractivity contribution < 1.29 is 0 Å². The summed E-state index contributed by atoms with van der Waals surface area (Å²) in [5, 5.41) is 3.35. The quantitative estimate of drug-likeness (QED) is 0.711. The van der Waals surface area contributed by atoms with Crippen molar-refractivity contribution in [1.82, 2.24) is 5.32 Å². The number of unbranched alkanes of at least 4 members (excludes halogenated alkanes) is 1. The van der Waals surface area contributed by atoms with Crippen molar-refractivity contribution in [3.63, 3.8) is 0 Å². The van der Waals surface area contributed by atoms with E-state index in [1.165, 1.54) is 24.1 Å². The molecule has 1 N–H and O–H groups in total. The minimum absolute atomic E-state index is 1.08. The van der Waals surface area contributed by atoms with E-state index >= 15 is 0 Å². The molecule has 0 spiro atoms. The van der Waals surface area contributed by atoms with Crippen LogP contribution in [0.2, 0.25) is 0 Å². The Morgan fingerprint density at radius 2 is 1.94 bits per heavy atom. The second-order valence-electron chi connectivity index (χ2n) is 4.27. The van der Waals surface area contributed by atoms with Crippen molar-refractivity contribution in [2.45, 2.75) is 26.7 Å². The molecule has 0 aliphatic heterocycles. The van der Waals surface area contributed by atoms with E-state index in [1.807, 2.05) is 0 Å². The van der Waals surface area contributed by atoms with E-state index in [0.29, 0.717) is 0 Å². The summed E-state index contributed by atoms with van der Waals surface area (Å²) in [6.45, 7) is 7.67. The van der Waals surface area contributed by atoms with Gasteiger partial charge in [0, 0.05) is 19.3 Å². The lowest BCUT2D eigenvalue weighted by Crippen LogP contribution is -2.21. The Kier molecular flexibility index (Phi) is 5.94. The van der Waals surface area contributed by atoms with Crippen molar-refractivity contribution in [3.8, 4) is 0 Å². The predicted molar refractivity (Wildman–Crippen MR) is 72.2 cm³/mol. The van der Waals surface area contributed by atoms with Crippen LogP contribution in [0.1, 0.15) is 25.3 Å². The molecule has 16 heavy (non-hydrogen) atoms. The highest BCUT2D eigenvalue weighted by Gasteiger charge is 2.02. The number of nitrogens with zero attached hydrogens (tertiary/aromatic N) is 1. The average Bonchev–Trinajstić information content (AvgIpc) is 2.29. The molecule has 0 saturated heterocycles. The molecule has 0 saturated carbocycles. The molecule has 2 nitrogen and oxygen atoms in total. The summed E-state index contributed by atoms with van der Waals surface area (Å²) in [7, 11) is 2.18. The van der Waals surface area contributed by atoms with E-state index in [9.17, 15) is 0 Å². The summed E-state index contributed by atoms with van der Waals surface area (Å²) < 4.78 is 0. The van der Waals surface area contributed by atoms with E-state index in [0.717, 1.165) is 19.6 Å². The molecular formula is C14H24N2. The highest BCUT2D eigenvalue weighted by Crippen LogP contribution is 2.17. The second-order valence-corrected chi connectivity index (χ2v) is 4.27. The molecule has 1 aromatic rings. The smallest absolute Gasteiger partial charge is 0.0393 e. The number of nitrogens with one attached hydrogen (secondary N) is 1. The molecule has 0 aromatic heterocycles. The molecule has 0 bridgehead atoms. The molecule has 1 rings (SSSR count). The van der Waals surface area contributed by atoms with Gasteiger partial charge in [-0.2, -0.15) is 0 Å². The average molecular weight is 220 g/mol. The maximum absolute atomic E-state index is 3.35. The van der Waals surface area contributed by atoms with Gasteiger partial charge >= 0.3 is 0 Å². The normalized spacial score (nSPS) is 10.4. The topological polar surface area (TPSA) is 15.3 Å². The maximum Gasteiger partial charge on any atom is 0.0393 e. The Labute approximate surface area is 99.7 Å². The van der Waals surface area contributed by atoms with Crippen molar-refractivity contribution >= 4 is 5.69 Å². The summed E-state index contributed by atoms with van der Waals surface area (Å²) in [6, 6.07) is 8.57. The molecular weight excluding hydrogens is 196 g/mol. The second kappa shape index (κ2) is 7.29. The lowest BCUT2D eigenvalue weighted by molar-refractivity contribution is 0.638. The molecule has 1 aromatic carbocycles. The first-order valence-electron chi connectivity index (χ1n) is 6.23. The number of rotatable bonds is 7. The van der Waals surface area contributed by atoms with Gasteiger partial charge in [0.25, 0.3) is 0 Å². The molecule has 0 heterocycles. The molecule has 2 heteroatoms. The Hall–Kier alpha value is -1.02. The SMILES string of the molecule is CCNCCCCN(C)c1ccccc1C. The Bertz CT molecular complexity index is 297. The number of anilines is 1. The van der Waals surface area contributed by atoms with Crippen molar-refractivity contribution in [1.29, 1.82) is 0 Å². The highest BCUT2D eigenvalue weighted by atomic mass is 15.1. The zero-order valence-electron chi connectivity index (χ0n) is 10.8. The van der Waals surface area contributed by atoms with Crippen LogP contribution in [0.4, 0.5) is 5.69 Å². The Balaban J connectivity index is 2.30. The third kappa shape index (κ3) is 4.23. The van der Waals surface area contributed by atoms with Crippen LogP contribution < -0.4 is 10.2 Å². The van der Waals surface area contributed by atoms with E-state index in [4.69, 9.17) is 0 Å². The Morgan fingerprint density at radius 1 is 1.19 bits per heavy atom. The van der Waals surface area contributed by atoms with Crippen molar-refractivity contribution in [3.05, 3.63) is 29.8 Å². The molecule has 0 amide bonds. The van der Waals surface area contributed by atoms with Gasteiger partial charge in [-0.3, -0.25) is 0 Å². The molecule has 0 radical (unpaired) electrons. The van der Waals surface area contributed by atoms with Crippen LogP contribution in [-0.2, 0) is 0 Å². The van der Waals surface area contributed by atoms with Gasteiger partial charge in [-0.05, 0) is 44.5 Å². The van der Waals surface area contributed by atoms with Gasteiger partial charge in [-0.25, -0.2) is 0 Å². The first kappa shape index (κ1) is 13.0. The van der Waals surface area contributed by atoms with Crippen LogP contribution in [0.5, 0.6) is 0 Å². The van der Waals surface area contributed by atoms with Crippen LogP contribution in [0, 0.1) is 6.92 Å². The lowest BCUT2D eigenvalue weighted by Gasteiger charge is -2.21. The molecule has 0 atom stereocenters. The van der Waals surface area contributed by atoms with Crippen LogP contribution >= 0.6 is 0 Å². The fraction of sp³-hybridized carbons (Fsp3) is 0.571. The predicted octanol–water partition coefficient (Wildman–Crippen LogP) is 2.82. The summed E-state index contributed by atoms with van der Waals surface area (Å²) in [5.41, 5.74) is 2.71. The van der Waals surface area contributed by atoms with Crippen LogP contribution in [-0.4, -0.2) is 26.7 Å². The maximum atomic E-state index is 3.35. The third-order valence-corrected chi connectivity index (χ3v) is 2.87. The Morgan fingerprint density at radius 3 is 2.62 bits per heavy atom. The van der Waals surface area contributed by atoms with Gasteiger partial charge in [0.05, 0.1) is 0 Å². The van der Waals surface area contributed by atoms with Gasteiger partial charge in [-0.1, -0.05) is 25.1 Å². The summed E-state index contributed by atoms with van der Waals surface area (Å²) in [6.07, 6.45) is 2.50. The number of para-hydroxylation sites is 1. The third-order valence-electron chi connectivity index (χ3n) is 2.87. The first-order chi connectivity index (χ1) is 7.75. The van der Waals surface area contributed by atoms with E-state index in [-0.39, 0.29) is 0 Å². The van der Waals surface area contributed by atoms with E-state index in [2.05, 4.69) is 55.4 Å². The molecule has 0 unspecified atom stereocenters. The minimum Gasteiger partial charge on any atom is -0.374 e. The number of hydrogen-bond donors (Lipinski definition) is 1. The van der Waals surface area contributed by atoms with E-state index < -0.39 is 0 Å². The molecule has 0 aliphatic rings. The zero-order valence-corrected chi connectivity index (χ0v) is 10.8. The fourth-order valence-corrected chi connectivity index (χ4v) is 1.89. The van der Waals surface area contributed by atoms with Gasteiger partial charge in [-0.15, -0.1) is 0 Å². The van der Waals surface area contributed by atoms with Crippen LogP contribution in [0.15, 0.2) is 24.3 Å². The molecule has 0 aliphatic carbocycles. The summed E-state index contributed by atoms with van der Waals surface area (Å²) in [5.74, 6) is 0. The monoisotopic (exact) mass is 220 g/mol. The van der Waals surface area contributed by atoms with Crippen molar-refractivity contribution in [2.24, 2.45) is 0 Å². The van der Waals surface area contributed by atoms with Gasteiger partial charge in [0.2, 0.25) is 0 Å². The number of benzene rings is 1. The van der Waals surface area contributed by atoms with Gasteiger partial charge < -0.3 is 10.2 Å². The fourth-order valence-electron chi connectivity index (χ4n) is 1.89. The lowest BCUT2D eigenvalue weighted by atomic mass is 10.2. The van der Waals surface area contributed by atoms with Gasteiger partial charge in [0.1, 0.15) is 0 Å². The summed E-state index contributed by atoms with van der Waals surface area (Å²) in [4.78, 5) is 2.35. The number of hydrogen-bond acceptors (Lipinski definition) is 2. The minimum atomic E-state index is 1.08. The summed E-state index contributed by atoms with van der Waals surface area (Å²) >= 11 is 0. The van der Waals surface area contributed by atoms with Gasteiger partial charge in [0.15, 0.2) is 0 Å². The molecule has 0 fully saturated rings. The van der Waals surface area contributed by atoms with E-state index in [1.54, 1.807) is 0 Å².